The monoisotopic (exact) mass is 331 g/mol. The predicted octanol–water partition coefficient (Wildman–Crippen LogP) is 3.77. The number of halogens is 1. The molecule has 1 N–H and O–H groups in total. The first-order chi connectivity index (χ1) is 9.79. The second-order valence-corrected chi connectivity index (χ2v) is 6.87. The molecule has 0 spiro atoms. The van der Waals surface area contributed by atoms with Crippen molar-refractivity contribution < 1.29 is 0 Å². The number of aromatic nitrogens is 2. The van der Waals surface area contributed by atoms with Gasteiger partial charge in [0.05, 0.1) is 18.2 Å². The first-order valence-corrected chi connectivity index (χ1v) is 8.13. The average molecular weight is 332 g/mol. The van der Waals surface area contributed by atoms with Crippen molar-refractivity contribution in [3.8, 4) is 11.3 Å². The molecule has 3 nitrogen and oxygen atoms in total. The molecule has 1 aromatic carbocycles. The van der Waals surface area contributed by atoms with Crippen LogP contribution in [0, 0.1) is 0 Å². The molecule has 2 aliphatic rings. The van der Waals surface area contributed by atoms with Crippen LogP contribution in [0.4, 0.5) is 0 Å². The molecule has 2 atom stereocenters. The van der Waals surface area contributed by atoms with E-state index < -0.39 is 0 Å². The molecule has 1 aromatic heterocycles. The lowest BCUT2D eigenvalue weighted by atomic mass is 9.99. The summed E-state index contributed by atoms with van der Waals surface area (Å²) in [5.74, 6) is 0. The Labute approximate surface area is 127 Å². The van der Waals surface area contributed by atoms with Crippen molar-refractivity contribution in [2.24, 2.45) is 0 Å². The zero-order chi connectivity index (χ0) is 13.5. The second-order valence-electron chi connectivity index (χ2n) is 5.96. The lowest BCUT2D eigenvalue weighted by Crippen LogP contribution is -2.38. The van der Waals surface area contributed by atoms with Gasteiger partial charge in [-0.3, -0.25) is 0 Å². The number of imidazole rings is 1. The largest absolute Gasteiger partial charge is 0.327 e. The average Bonchev–Trinajstić information content (AvgIpc) is 3.07. The van der Waals surface area contributed by atoms with Gasteiger partial charge in [0.1, 0.15) is 0 Å². The maximum atomic E-state index is 4.40. The van der Waals surface area contributed by atoms with Crippen LogP contribution >= 0.6 is 15.9 Å². The fraction of sp³-hybridized carbons (Fsp3) is 0.438. The molecular weight excluding hydrogens is 314 g/mol. The van der Waals surface area contributed by atoms with Crippen molar-refractivity contribution in [1.82, 2.24) is 14.9 Å². The Balaban J connectivity index is 1.66. The molecule has 2 bridgehead atoms. The Hall–Kier alpha value is -1.13. The number of rotatable bonds is 2. The Kier molecular flexibility index (Phi) is 3.15. The van der Waals surface area contributed by atoms with Gasteiger partial charge in [-0.1, -0.05) is 28.1 Å². The van der Waals surface area contributed by atoms with Gasteiger partial charge in [0, 0.05) is 22.6 Å². The topological polar surface area (TPSA) is 29.9 Å². The molecule has 0 saturated carbocycles. The van der Waals surface area contributed by atoms with E-state index >= 15 is 0 Å². The van der Waals surface area contributed by atoms with Gasteiger partial charge >= 0.3 is 0 Å². The third-order valence-corrected chi connectivity index (χ3v) is 5.18. The Morgan fingerprint density at radius 1 is 1.10 bits per heavy atom. The fourth-order valence-corrected chi connectivity index (χ4v) is 3.96. The molecule has 0 amide bonds. The summed E-state index contributed by atoms with van der Waals surface area (Å²) in [6.45, 7) is 0. The van der Waals surface area contributed by atoms with Crippen LogP contribution in [0.5, 0.6) is 0 Å². The zero-order valence-electron chi connectivity index (χ0n) is 11.3. The van der Waals surface area contributed by atoms with Crippen molar-refractivity contribution in [3.63, 3.8) is 0 Å². The van der Waals surface area contributed by atoms with Crippen LogP contribution in [0.1, 0.15) is 31.7 Å². The molecular formula is C16H18BrN3. The molecule has 2 aromatic rings. The van der Waals surface area contributed by atoms with Gasteiger partial charge in [-0.25, -0.2) is 4.98 Å². The molecule has 20 heavy (non-hydrogen) atoms. The maximum absolute atomic E-state index is 4.40. The van der Waals surface area contributed by atoms with E-state index in [4.69, 9.17) is 0 Å². The van der Waals surface area contributed by atoms with Crippen molar-refractivity contribution in [2.45, 2.75) is 43.8 Å². The van der Waals surface area contributed by atoms with Crippen LogP contribution < -0.4 is 5.32 Å². The van der Waals surface area contributed by atoms with Crippen molar-refractivity contribution in [2.75, 3.05) is 0 Å². The summed E-state index contributed by atoms with van der Waals surface area (Å²) in [5.41, 5.74) is 2.49. The van der Waals surface area contributed by atoms with Gasteiger partial charge < -0.3 is 9.88 Å². The van der Waals surface area contributed by atoms with Crippen LogP contribution in [0.25, 0.3) is 11.3 Å². The number of nitrogens with zero attached hydrogens (tertiary/aromatic N) is 2. The van der Waals surface area contributed by atoms with E-state index in [1.165, 1.54) is 36.9 Å². The van der Waals surface area contributed by atoms with Gasteiger partial charge in [0.25, 0.3) is 0 Å². The summed E-state index contributed by atoms with van der Waals surface area (Å²) in [7, 11) is 0. The summed E-state index contributed by atoms with van der Waals surface area (Å²) in [6.07, 6.45) is 9.14. The van der Waals surface area contributed by atoms with E-state index in [9.17, 15) is 0 Å². The Morgan fingerprint density at radius 2 is 1.80 bits per heavy atom. The number of hydrogen-bond acceptors (Lipinski definition) is 2. The van der Waals surface area contributed by atoms with E-state index in [0.29, 0.717) is 18.1 Å². The SMILES string of the molecule is Brc1ccc(-c2cncn2C2CC3CCC(C2)N3)cc1. The normalized spacial score (nSPS) is 28.8. The first kappa shape index (κ1) is 12.6. The molecule has 104 valence electrons. The summed E-state index contributed by atoms with van der Waals surface area (Å²) in [5, 5.41) is 3.71. The molecule has 0 radical (unpaired) electrons. The van der Waals surface area contributed by atoms with E-state index in [1.54, 1.807) is 0 Å². The number of benzene rings is 1. The number of hydrogen-bond donors (Lipinski definition) is 1. The van der Waals surface area contributed by atoms with Crippen molar-refractivity contribution in [1.29, 1.82) is 0 Å². The highest BCUT2D eigenvalue weighted by Crippen LogP contribution is 2.36. The van der Waals surface area contributed by atoms with Crippen LogP contribution in [-0.2, 0) is 0 Å². The molecule has 4 rings (SSSR count). The molecule has 4 heteroatoms. The van der Waals surface area contributed by atoms with Crippen LogP contribution in [0.15, 0.2) is 41.3 Å². The minimum absolute atomic E-state index is 0.592. The minimum Gasteiger partial charge on any atom is -0.327 e. The lowest BCUT2D eigenvalue weighted by molar-refractivity contribution is 0.300. The lowest BCUT2D eigenvalue weighted by Gasteiger charge is -2.31. The van der Waals surface area contributed by atoms with E-state index in [0.717, 1.165) is 4.47 Å². The van der Waals surface area contributed by atoms with Gasteiger partial charge in [-0.15, -0.1) is 0 Å². The minimum atomic E-state index is 0.592. The van der Waals surface area contributed by atoms with Gasteiger partial charge in [-0.2, -0.15) is 0 Å². The summed E-state index contributed by atoms with van der Waals surface area (Å²) >= 11 is 3.50. The summed E-state index contributed by atoms with van der Waals surface area (Å²) in [4.78, 5) is 4.40. The van der Waals surface area contributed by atoms with Crippen molar-refractivity contribution >= 4 is 15.9 Å². The Bertz CT molecular complexity index is 592. The first-order valence-electron chi connectivity index (χ1n) is 7.33. The maximum Gasteiger partial charge on any atom is 0.0953 e. The highest BCUT2D eigenvalue weighted by atomic mass is 79.9. The molecule has 2 saturated heterocycles. The van der Waals surface area contributed by atoms with Crippen LogP contribution in [0.2, 0.25) is 0 Å². The van der Waals surface area contributed by atoms with E-state index in [-0.39, 0.29) is 0 Å². The number of piperidine rings is 1. The Morgan fingerprint density at radius 3 is 2.50 bits per heavy atom. The standard InChI is InChI=1S/C16H18BrN3/c17-12-3-1-11(2-4-12)16-9-18-10-20(16)15-7-13-5-6-14(8-15)19-13/h1-4,9-10,13-15,19H,5-8H2. The summed E-state index contributed by atoms with van der Waals surface area (Å²) < 4.78 is 3.50. The highest BCUT2D eigenvalue weighted by Gasteiger charge is 2.34. The predicted molar refractivity (Wildman–Crippen MR) is 83.6 cm³/mol. The van der Waals surface area contributed by atoms with Gasteiger partial charge in [0.2, 0.25) is 0 Å². The number of fused-ring (bicyclic) bond motifs is 2. The van der Waals surface area contributed by atoms with Crippen molar-refractivity contribution in [3.05, 3.63) is 41.3 Å². The zero-order valence-corrected chi connectivity index (χ0v) is 12.9. The van der Waals surface area contributed by atoms with Gasteiger partial charge in [0.15, 0.2) is 0 Å². The van der Waals surface area contributed by atoms with E-state index in [1.807, 2.05) is 12.5 Å². The molecule has 2 unspecified atom stereocenters. The quantitative estimate of drug-likeness (QED) is 0.907. The van der Waals surface area contributed by atoms with Crippen LogP contribution in [-0.4, -0.2) is 21.6 Å². The molecule has 2 aliphatic heterocycles. The van der Waals surface area contributed by atoms with Gasteiger partial charge in [-0.05, 0) is 43.4 Å². The van der Waals surface area contributed by atoms with Crippen LogP contribution in [0.3, 0.4) is 0 Å². The molecule has 2 fully saturated rings. The second kappa shape index (κ2) is 5.01. The molecule has 3 heterocycles. The fourth-order valence-electron chi connectivity index (χ4n) is 3.69. The highest BCUT2D eigenvalue weighted by molar-refractivity contribution is 9.10. The van der Waals surface area contributed by atoms with E-state index in [2.05, 4.69) is 55.1 Å². The smallest absolute Gasteiger partial charge is 0.0953 e. The third-order valence-electron chi connectivity index (χ3n) is 4.65. The summed E-state index contributed by atoms with van der Waals surface area (Å²) in [6, 6.07) is 10.5. The molecule has 0 aliphatic carbocycles. The third kappa shape index (κ3) is 2.21. The number of nitrogens with one attached hydrogen (secondary N) is 1.